The predicted octanol–water partition coefficient (Wildman–Crippen LogP) is 6.43. The van der Waals surface area contributed by atoms with Gasteiger partial charge in [-0.15, -0.1) is 17.8 Å². The van der Waals surface area contributed by atoms with Gasteiger partial charge in [0.1, 0.15) is 43.7 Å². The Bertz CT molecular complexity index is 3090. The van der Waals surface area contributed by atoms with Gasteiger partial charge in [-0.3, -0.25) is 9.59 Å². The van der Waals surface area contributed by atoms with Crippen LogP contribution >= 0.6 is 11.3 Å². The number of terminal acetylenes is 1. The van der Waals surface area contributed by atoms with Crippen LogP contribution in [0.25, 0.3) is 21.3 Å². The van der Waals surface area contributed by atoms with Gasteiger partial charge in [-0.25, -0.2) is 19.9 Å². The molecule has 364 valence electrons. The van der Waals surface area contributed by atoms with Crippen LogP contribution in [0.4, 0.5) is 11.5 Å². The molecule has 0 bridgehead atoms. The number of carbonyl (C=O) groups excluding carboxylic acids is 2. The van der Waals surface area contributed by atoms with Crippen LogP contribution in [0.5, 0.6) is 17.4 Å². The Balaban J connectivity index is 0.826. The van der Waals surface area contributed by atoms with Gasteiger partial charge in [0, 0.05) is 48.8 Å². The molecule has 4 atom stereocenters. The number of aliphatic hydroxyl groups excluding tert-OH is 1. The highest BCUT2D eigenvalue weighted by molar-refractivity contribution is 7.13. The first-order chi connectivity index (χ1) is 34.4. The number of β-amino-alcohol motifs (C(OH)–C–C–N with tert-alkyl or cyclic N) is 1. The zero-order valence-electron chi connectivity index (χ0n) is 39.9. The van der Waals surface area contributed by atoms with Crippen molar-refractivity contribution in [3.05, 3.63) is 101 Å². The third-order valence-corrected chi connectivity index (χ3v) is 12.8. The molecule has 17 nitrogen and oxygen atoms in total. The van der Waals surface area contributed by atoms with Crippen LogP contribution in [0.2, 0.25) is 0 Å². The molecule has 0 spiro atoms. The molecule has 6 aromatic rings. The van der Waals surface area contributed by atoms with Crippen LogP contribution in [-0.2, 0) is 24.6 Å². The van der Waals surface area contributed by atoms with E-state index < -0.39 is 23.6 Å². The van der Waals surface area contributed by atoms with Crippen molar-refractivity contribution in [3.63, 3.8) is 0 Å². The number of aliphatic hydroxyl groups is 1. The Morgan fingerprint density at radius 2 is 1.77 bits per heavy atom. The molecule has 0 unspecified atom stereocenters. The number of rotatable bonds is 19. The summed E-state index contributed by atoms with van der Waals surface area (Å²) >= 11 is 1.55. The van der Waals surface area contributed by atoms with Crippen LogP contribution in [-0.4, -0.2) is 113 Å². The first-order valence-corrected chi connectivity index (χ1v) is 23.7. The first-order valence-electron chi connectivity index (χ1n) is 22.9. The molecule has 2 aliphatic rings. The maximum Gasteiger partial charge on any atom is 0.257 e. The summed E-state index contributed by atoms with van der Waals surface area (Å²) in [5, 5.41) is 21.8. The minimum absolute atomic E-state index is 0.0396. The van der Waals surface area contributed by atoms with Gasteiger partial charge in [0.2, 0.25) is 5.91 Å². The smallest absolute Gasteiger partial charge is 0.257 e. The van der Waals surface area contributed by atoms with E-state index in [0.717, 1.165) is 27.4 Å². The molecule has 2 aliphatic heterocycles. The van der Waals surface area contributed by atoms with E-state index in [1.807, 2.05) is 75.4 Å². The maximum absolute atomic E-state index is 14.3. The van der Waals surface area contributed by atoms with Crippen molar-refractivity contribution >= 4 is 51.4 Å². The molecule has 3 N–H and O–H groups in total. The monoisotopic (exact) mass is 976 g/mol. The summed E-state index contributed by atoms with van der Waals surface area (Å²) in [5.41, 5.74) is 5.38. The molecule has 0 radical (unpaired) electrons. The lowest BCUT2D eigenvalue weighted by molar-refractivity contribution is -0.134. The minimum atomic E-state index is -1.23. The SMILES string of the molecule is C#Cc1cccc(Nc2ncnc3cc(OCCOC)c(OCCOCC#CC#CCOc4cc([C@@H](C(=O)N5C[C@H](O)C[C@@H]5C5=N[C@@](C)(c6ccc(-c7scnc7C)cc6)C(=O)N5)C(C)C)on4)cc23)c1. The molecule has 5 heterocycles. The van der Waals surface area contributed by atoms with Crippen LogP contribution in [0.3, 0.4) is 0 Å². The Hall–Kier alpha value is -7.79. The Morgan fingerprint density at radius 1 is 1.00 bits per heavy atom. The molecular formula is C53H52N8O9S. The van der Waals surface area contributed by atoms with Crippen LogP contribution in [0.1, 0.15) is 55.7 Å². The highest BCUT2D eigenvalue weighted by Gasteiger charge is 2.48. The van der Waals surface area contributed by atoms with Crippen molar-refractivity contribution in [2.24, 2.45) is 10.9 Å². The second-order valence-electron chi connectivity index (χ2n) is 17.1. The van der Waals surface area contributed by atoms with E-state index in [1.54, 1.807) is 47.9 Å². The largest absolute Gasteiger partial charge is 0.487 e. The molecule has 3 aromatic heterocycles. The summed E-state index contributed by atoms with van der Waals surface area (Å²) in [6.07, 6.45) is 6.46. The summed E-state index contributed by atoms with van der Waals surface area (Å²) in [4.78, 5) is 48.6. The number of aromatic nitrogens is 4. The number of likely N-dealkylation sites (tertiary alicyclic amines) is 1. The fourth-order valence-electron chi connectivity index (χ4n) is 8.21. The molecule has 2 amide bonds. The van der Waals surface area contributed by atoms with E-state index in [2.05, 4.69) is 60.3 Å². The number of hydrogen-bond donors (Lipinski definition) is 3. The fraction of sp³-hybridized carbons (Fsp3) is 0.340. The molecule has 0 aliphatic carbocycles. The summed E-state index contributed by atoms with van der Waals surface area (Å²) in [5.74, 6) is 14.5. The van der Waals surface area contributed by atoms with E-state index in [-0.39, 0.29) is 63.0 Å². The van der Waals surface area contributed by atoms with E-state index in [1.165, 1.54) is 6.33 Å². The number of benzene rings is 3. The zero-order chi connectivity index (χ0) is 49.9. The van der Waals surface area contributed by atoms with Crippen LogP contribution in [0.15, 0.2) is 88.1 Å². The Labute approximate surface area is 415 Å². The lowest BCUT2D eigenvalue weighted by atomic mass is 9.91. The highest BCUT2D eigenvalue weighted by Crippen LogP contribution is 2.38. The molecular weight excluding hydrogens is 925 g/mol. The molecule has 1 fully saturated rings. The number of ether oxygens (including phenoxy) is 5. The number of nitrogens with one attached hydrogen (secondary N) is 2. The Morgan fingerprint density at radius 3 is 2.52 bits per heavy atom. The lowest BCUT2D eigenvalue weighted by Crippen LogP contribution is -2.48. The van der Waals surface area contributed by atoms with Crippen molar-refractivity contribution < 1.29 is 42.9 Å². The lowest BCUT2D eigenvalue weighted by Gasteiger charge is -2.29. The number of carbonyl (C=O) groups is 2. The number of anilines is 2. The molecule has 8 rings (SSSR count). The number of nitrogens with zero attached hydrogens (tertiary/aromatic N) is 6. The van der Waals surface area contributed by atoms with Crippen molar-refractivity contribution in [1.82, 2.24) is 30.3 Å². The zero-order valence-corrected chi connectivity index (χ0v) is 40.7. The van der Waals surface area contributed by atoms with E-state index in [0.29, 0.717) is 58.6 Å². The average Bonchev–Trinajstić information content (AvgIpc) is 4.18. The van der Waals surface area contributed by atoms with Crippen molar-refractivity contribution in [3.8, 4) is 63.8 Å². The normalized spacial score (nSPS) is 17.6. The van der Waals surface area contributed by atoms with Gasteiger partial charge in [0.15, 0.2) is 29.4 Å². The molecule has 18 heteroatoms. The van der Waals surface area contributed by atoms with E-state index in [4.69, 9.17) is 39.6 Å². The topological polar surface area (TPSA) is 205 Å². The summed E-state index contributed by atoms with van der Waals surface area (Å²) in [7, 11) is 1.60. The maximum atomic E-state index is 14.3. The summed E-state index contributed by atoms with van der Waals surface area (Å²) < 4.78 is 34.2. The number of amides is 2. The third kappa shape index (κ3) is 11.6. The number of aryl methyl sites for hydroxylation is 1. The minimum Gasteiger partial charge on any atom is -0.487 e. The third-order valence-electron chi connectivity index (χ3n) is 11.8. The van der Waals surface area contributed by atoms with Crippen molar-refractivity contribution in [1.29, 1.82) is 0 Å². The highest BCUT2D eigenvalue weighted by atomic mass is 32.1. The number of thiazole rings is 1. The van der Waals surface area contributed by atoms with Crippen molar-refractivity contribution in [2.75, 3.05) is 58.6 Å². The number of hydrogen-bond acceptors (Lipinski definition) is 16. The van der Waals surface area contributed by atoms with Crippen LogP contribution in [0, 0.1) is 48.9 Å². The van der Waals surface area contributed by atoms with Gasteiger partial charge in [-0.05, 0) is 78.1 Å². The van der Waals surface area contributed by atoms with Gasteiger partial charge in [0.05, 0.1) is 47.0 Å². The predicted molar refractivity (Wildman–Crippen MR) is 267 cm³/mol. The number of fused-ring (bicyclic) bond motifs is 1. The fourth-order valence-corrected chi connectivity index (χ4v) is 9.02. The van der Waals surface area contributed by atoms with Gasteiger partial charge in [0.25, 0.3) is 11.8 Å². The standard InChI is InChI=1S/C53H52N8O9S/c1-7-35-13-12-14-38(25-35)57-49-40-27-43(44(67-23-21-65-6)28-41(40)54-31-55-49)68-24-22-66-19-10-8-9-11-20-69-46-29-45(70-60-46)47(33(2)3)51(63)61-30-39(62)26-42(61)50-58-52(64)53(5,59-50)37-17-15-36(16-18-37)48-34(4)56-32-71-48/h1,12-18,25,27-29,31-33,39,42,47,62H,19-24,26,30H2,2-6H3,(H,54,55,57)(H,58,59,64)/t39-,42-,47+,53+/m1/s1. The number of amidine groups is 1. The summed E-state index contributed by atoms with van der Waals surface area (Å²) in [6.45, 7) is 8.76. The second kappa shape index (κ2) is 22.8. The first kappa shape index (κ1) is 49.6. The van der Waals surface area contributed by atoms with Crippen molar-refractivity contribution in [2.45, 2.75) is 57.7 Å². The molecule has 1 saturated heterocycles. The van der Waals surface area contributed by atoms with E-state index >= 15 is 0 Å². The molecule has 3 aromatic carbocycles. The number of methoxy groups -OCH3 is 1. The van der Waals surface area contributed by atoms with Gasteiger partial charge in [-0.2, -0.15) is 0 Å². The number of aliphatic imine (C=N–C) groups is 1. The van der Waals surface area contributed by atoms with E-state index in [9.17, 15) is 14.7 Å². The second-order valence-corrected chi connectivity index (χ2v) is 17.9. The average molecular weight is 977 g/mol. The van der Waals surface area contributed by atoms with Crippen LogP contribution < -0.4 is 24.8 Å². The van der Waals surface area contributed by atoms with Gasteiger partial charge >= 0.3 is 0 Å². The molecule has 0 saturated carbocycles. The Kier molecular flexibility index (Phi) is 15.9. The molecule has 71 heavy (non-hydrogen) atoms. The van der Waals surface area contributed by atoms with Gasteiger partial charge < -0.3 is 48.8 Å². The van der Waals surface area contributed by atoms with Gasteiger partial charge in [-0.1, -0.05) is 56.0 Å². The quantitative estimate of drug-likeness (QED) is 0.0592. The summed E-state index contributed by atoms with van der Waals surface area (Å²) in [6, 6.07) is 19.7.